The minimum absolute atomic E-state index is 0.439. The molecule has 1 aromatic rings. The van der Waals surface area contributed by atoms with E-state index in [9.17, 15) is 4.79 Å². The zero-order valence-corrected chi connectivity index (χ0v) is 9.89. The van der Waals surface area contributed by atoms with E-state index >= 15 is 0 Å². The van der Waals surface area contributed by atoms with E-state index in [0.29, 0.717) is 5.56 Å². The number of benzene rings is 1. The van der Waals surface area contributed by atoms with Gasteiger partial charge in [0.05, 0.1) is 5.16 Å². The Morgan fingerprint density at radius 3 is 2.31 bits per heavy atom. The van der Waals surface area contributed by atoms with Gasteiger partial charge in [-0.1, -0.05) is 0 Å². The molecule has 0 aromatic heterocycles. The molecule has 0 amide bonds. The average molecular weight is 203 g/mol. The molecule has 0 saturated heterocycles. The number of isothiocyanates is 1. The number of thiocarbonyl (C=S) groups is 1. The van der Waals surface area contributed by atoms with E-state index in [2.05, 4.69) is 12.2 Å². The summed E-state index contributed by atoms with van der Waals surface area (Å²) in [5.41, 5.74) is 0.439. The summed E-state index contributed by atoms with van der Waals surface area (Å²) in [6.07, 6.45) is 0. The number of hydrogen-bond acceptors (Lipinski definition) is 3. The molecule has 13 heavy (non-hydrogen) atoms. The molecule has 0 heterocycles. The molecular weight excluding hydrogens is 197 g/mol. The summed E-state index contributed by atoms with van der Waals surface area (Å²) in [6, 6.07) is 7.07. The van der Waals surface area contributed by atoms with Gasteiger partial charge >= 0.3 is 76.4 Å². The molecule has 62 valence electrons. The number of carbonyl (C=O) groups is 1. The van der Waals surface area contributed by atoms with Crippen LogP contribution in [0.15, 0.2) is 24.3 Å². The summed E-state index contributed by atoms with van der Waals surface area (Å²) >= 11 is 4.60. The molecule has 3 nitrogen and oxygen atoms in total. The second-order valence-electron chi connectivity index (χ2n) is 2.22. The van der Waals surface area contributed by atoms with E-state index in [1.165, 1.54) is 0 Å². The molecule has 0 bridgehead atoms. The minimum atomic E-state index is -0.828. The third kappa shape index (κ3) is 4.93. The van der Waals surface area contributed by atoms with Gasteiger partial charge in [-0.2, -0.15) is 0 Å². The van der Waals surface area contributed by atoms with Crippen molar-refractivity contribution in [2.45, 2.75) is 0 Å². The van der Waals surface area contributed by atoms with Gasteiger partial charge in [-0.05, 0) is 12.2 Å². The molecule has 2 N–H and O–H groups in total. The molecule has 0 aliphatic rings. The van der Waals surface area contributed by atoms with Gasteiger partial charge in [0.25, 0.3) is 0 Å². The van der Waals surface area contributed by atoms with E-state index in [0.717, 1.165) is 30.7 Å². The summed E-state index contributed by atoms with van der Waals surface area (Å²) in [5, 5.41) is 15.9. The number of carboxylic acid groups (broad SMARTS) is 1. The Morgan fingerprint density at radius 1 is 1.54 bits per heavy atom. The van der Waals surface area contributed by atoms with Gasteiger partial charge in [0, 0.05) is 0 Å². The SMILES string of the molecule is N=C=S.O=C(O)c1cccc[c]1[Na]. The van der Waals surface area contributed by atoms with Gasteiger partial charge in [0.1, 0.15) is 0 Å². The van der Waals surface area contributed by atoms with Crippen LogP contribution in [-0.2, 0) is 0 Å². The first-order chi connectivity index (χ1) is 6.13. The van der Waals surface area contributed by atoms with Crippen molar-refractivity contribution in [1.82, 2.24) is 0 Å². The van der Waals surface area contributed by atoms with Crippen molar-refractivity contribution >= 4 is 54.1 Å². The van der Waals surface area contributed by atoms with Crippen LogP contribution in [0.25, 0.3) is 0 Å². The predicted octanol–water partition coefficient (Wildman–Crippen LogP) is 0.847. The van der Waals surface area contributed by atoms with E-state index in [-0.39, 0.29) is 0 Å². The molecule has 5 heteroatoms. The molecule has 0 unspecified atom stereocenters. The van der Waals surface area contributed by atoms with E-state index in [1.807, 2.05) is 12.1 Å². The van der Waals surface area contributed by atoms with E-state index < -0.39 is 5.97 Å². The second-order valence-corrected chi connectivity index (χ2v) is 3.50. The number of carboxylic acids is 1. The van der Waals surface area contributed by atoms with Crippen molar-refractivity contribution < 1.29 is 9.90 Å². The molecule has 1 aromatic carbocycles. The number of hydrogen-bond donors (Lipinski definition) is 2. The first-order valence-electron chi connectivity index (χ1n) is 3.46. The summed E-state index contributed by atoms with van der Waals surface area (Å²) in [4.78, 5) is 10.4. The maximum atomic E-state index is 10.4. The van der Waals surface area contributed by atoms with Crippen molar-refractivity contribution in [3.63, 3.8) is 0 Å². The molecule has 0 spiro atoms. The molecule has 0 atom stereocenters. The van der Waals surface area contributed by atoms with Crippen molar-refractivity contribution in [1.29, 1.82) is 5.41 Å². The molecule has 0 aliphatic carbocycles. The normalized spacial score (nSPS) is 7.85. The summed E-state index contributed by atoms with van der Waals surface area (Å²) in [5.74, 6) is -0.828. The van der Waals surface area contributed by atoms with Gasteiger partial charge in [-0.25, -0.2) is 5.41 Å². The van der Waals surface area contributed by atoms with Crippen LogP contribution in [0.4, 0.5) is 0 Å². The van der Waals surface area contributed by atoms with Crippen molar-refractivity contribution in [2.24, 2.45) is 0 Å². The van der Waals surface area contributed by atoms with Gasteiger partial charge in [0.2, 0.25) is 0 Å². The fourth-order valence-corrected chi connectivity index (χ4v) is 1.39. The fourth-order valence-electron chi connectivity index (χ4n) is 0.813. The van der Waals surface area contributed by atoms with Gasteiger partial charge in [0.15, 0.2) is 0 Å². The zero-order valence-electron chi connectivity index (χ0n) is 7.07. The van der Waals surface area contributed by atoms with E-state index in [1.54, 1.807) is 17.3 Å². The monoisotopic (exact) mass is 203 g/mol. The summed E-state index contributed by atoms with van der Waals surface area (Å²) < 4.78 is 0.940. The number of rotatable bonds is 1. The Kier molecular flexibility index (Phi) is 6.68. The Bertz CT molecular complexity index is 335. The Hall–Kier alpha value is -0.510. The first kappa shape index (κ1) is 12.5. The van der Waals surface area contributed by atoms with Crippen molar-refractivity contribution in [2.75, 3.05) is 0 Å². The van der Waals surface area contributed by atoms with Crippen LogP contribution in [0.3, 0.4) is 0 Å². The molecule has 0 aliphatic heterocycles. The molecule has 0 radical (unpaired) electrons. The van der Waals surface area contributed by atoms with Crippen LogP contribution < -0.4 is 2.81 Å². The van der Waals surface area contributed by atoms with Gasteiger partial charge in [-0.15, -0.1) is 0 Å². The van der Waals surface area contributed by atoms with Crippen LogP contribution in [0.2, 0.25) is 0 Å². The predicted molar refractivity (Wildman–Crippen MR) is 54.1 cm³/mol. The molecular formula is C8H6NNaO2S. The zero-order chi connectivity index (χ0) is 10.3. The molecule has 0 fully saturated rings. The van der Waals surface area contributed by atoms with E-state index in [4.69, 9.17) is 10.5 Å². The Balaban J connectivity index is 0.000000424. The standard InChI is InChI=1S/C7H5O2.CHNS.Na/c8-7(9)6-4-2-1-3-5-6;2-1-3;/h1-4H,(H,8,9);2H;. The van der Waals surface area contributed by atoms with Gasteiger partial charge < -0.3 is 0 Å². The number of aromatic carboxylic acids is 1. The molecule has 0 saturated carbocycles. The third-order valence-corrected chi connectivity index (χ3v) is 2.25. The van der Waals surface area contributed by atoms with Crippen molar-refractivity contribution in [3.8, 4) is 0 Å². The summed E-state index contributed by atoms with van der Waals surface area (Å²) in [7, 11) is 0. The summed E-state index contributed by atoms with van der Waals surface area (Å²) in [6.45, 7) is 0. The van der Waals surface area contributed by atoms with Crippen LogP contribution in [0.5, 0.6) is 0 Å². The van der Waals surface area contributed by atoms with Crippen LogP contribution in [0.1, 0.15) is 10.4 Å². The molecule has 1 rings (SSSR count). The van der Waals surface area contributed by atoms with Crippen LogP contribution in [0, 0.1) is 5.41 Å². The fraction of sp³-hybridized carbons (Fsp3) is 0. The van der Waals surface area contributed by atoms with Crippen molar-refractivity contribution in [3.05, 3.63) is 29.8 Å². The van der Waals surface area contributed by atoms with Gasteiger partial charge in [-0.3, -0.25) is 0 Å². The van der Waals surface area contributed by atoms with Crippen LogP contribution >= 0.6 is 12.2 Å². The first-order valence-corrected chi connectivity index (χ1v) is 4.87. The Morgan fingerprint density at radius 2 is 2.00 bits per heavy atom. The maximum absolute atomic E-state index is 10.4. The third-order valence-electron chi connectivity index (χ3n) is 1.38. The number of nitrogens with one attached hydrogen (secondary N) is 1. The quantitative estimate of drug-likeness (QED) is 0.404. The second kappa shape index (κ2) is 6.95. The average Bonchev–Trinajstić information content (AvgIpc) is 2.06. The topological polar surface area (TPSA) is 61.2 Å². The van der Waals surface area contributed by atoms with Crippen LogP contribution in [-0.4, -0.2) is 44.2 Å². The Labute approximate surface area is 98.7 Å².